The molecule has 0 saturated heterocycles. The van der Waals surface area contributed by atoms with Crippen LogP contribution in [0.15, 0.2) is 12.1 Å². The van der Waals surface area contributed by atoms with Crippen LogP contribution in [0.5, 0.6) is 0 Å². The highest BCUT2D eigenvalue weighted by molar-refractivity contribution is 5.88. The minimum atomic E-state index is -0.918. The first-order valence-electron chi connectivity index (χ1n) is 7.74. The van der Waals surface area contributed by atoms with E-state index in [2.05, 4.69) is 17.2 Å². The van der Waals surface area contributed by atoms with Crippen molar-refractivity contribution in [3.8, 4) is 0 Å². The normalized spacial score (nSPS) is 22.0. The van der Waals surface area contributed by atoms with E-state index in [9.17, 15) is 9.90 Å². The first kappa shape index (κ1) is 15.8. The zero-order valence-electron chi connectivity index (χ0n) is 12.5. The lowest BCUT2D eigenvalue weighted by Gasteiger charge is -2.25. The van der Waals surface area contributed by atoms with Crippen LogP contribution in [0.2, 0.25) is 0 Å². The minimum absolute atomic E-state index is 0.147. The number of aliphatic hydroxyl groups excluding tert-OH is 1. The van der Waals surface area contributed by atoms with Crippen LogP contribution in [0.4, 0.5) is 5.82 Å². The van der Waals surface area contributed by atoms with E-state index < -0.39 is 5.97 Å². The van der Waals surface area contributed by atoms with Gasteiger partial charge in [0.15, 0.2) is 0 Å². The molecule has 0 atom stereocenters. The van der Waals surface area contributed by atoms with E-state index in [1.54, 1.807) is 12.1 Å². The van der Waals surface area contributed by atoms with E-state index in [-0.39, 0.29) is 11.7 Å². The molecule has 1 aromatic rings. The number of aromatic carboxylic acids is 1. The zero-order chi connectivity index (χ0) is 15.2. The van der Waals surface area contributed by atoms with Gasteiger partial charge in [0, 0.05) is 12.2 Å². The molecule has 1 aliphatic carbocycles. The summed E-state index contributed by atoms with van der Waals surface area (Å²) in [6.07, 6.45) is 5.31. The van der Waals surface area contributed by atoms with Gasteiger partial charge in [0.05, 0.1) is 11.7 Å². The Bertz CT molecular complexity index is 482. The van der Waals surface area contributed by atoms with Crippen molar-refractivity contribution in [2.75, 3.05) is 11.9 Å². The second-order valence-corrected chi connectivity index (χ2v) is 5.84. The van der Waals surface area contributed by atoms with Crippen LogP contribution in [0.1, 0.15) is 55.1 Å². The van der Waals surface area contributed by atoms with Crippen LogP contribution < -0.4 is 5.32 Å². The van der Waals surface area contributed by atoms with Crippen LogP contribution in [0.25, 0.3) is 0 Å². The van der Waals surface area contributed by atoms with Crippen molar-refractivity contribution in [3.63, 3.8) is 0 Å². The average molecular weight is 292 g/mol. The predicted molar refractivity (Wildman–Crippen MR) is 81.6 cm³/mol. The number of nitrogens with zero attached hydrogens (tertiary/aromatic N) is 1. The van der Waals surface area contributed by atoms with Crippen LogP contribution >= 0.6 is 0 Å². The van der Waals surface area contributed by atoms with Gasteiger partial charge in [-0.05, 0) is 50.2 Å². The number of hydrogen-bond donors (Lipinski definition) is 3. The lowest BCUT2D eigenvalue weighted by Crippen LogP contribution is -2.24. The summed E-state index contributed by atoms with van der Waals surface area (Å²) in [6, 6.07) is 3.24. The van der Waals surface area contributed by atoms with Gasteiger partial charge in [-0.2, -0.15) is 0 Å². The standard InChI is InChI=1S/C16H24N2O3/c1-2-3-13-8-12(16(20)21)9-15(18-13)17-10-11-4-6-14(19)7-5-11/h8-9,11,14,19H,2-7,10H2,1H3,(H,17,18)(H,20,21). The van der Waals surface area contributed by atoms with Gasteiger partial charge in [0.25, 0.3) is 0 Å². The fourth-order valence-corrected chi connectivity index (χ4v) is 2.78. The molecule has 5 nitrogen and oxygen atoms in total. The molecule has 0 bridgehead atoms. The number of hydrogen-bond acceptors (Lipinski definition) is 4. The smallest absolute Gasteiger partial charge is 0.335 e. The quantitative estimate of drug-likeness (QED) is 0.751. The van der Waals surface area contributed by atoms with Crippen molar-refractivity contribution < 1.29 is 15.0 Å². The molecule has 0 amide bonds. The molecular weight excluding hydrogens is 268 g/mol. The summed E-state index contributed by atoms with van der Waals surface area (Å²) in [5.41, 5.74) is 1.11. The number of aliphatic hydroxyl groups is 1. The minimum Gasteiger partial charge on any atom is -0.478 e. The van der Waals surface area contributed by atoms with E-state index in [4.69, 9.17) is 5.11 Å². The Balaban J connectivity index is 1.99. The molecule has 0 unspecified atom stereocenters. The molecule has 1 aromatic heterocycles. The number of aromatic nitrogens is 1. The number of anilines is 1. The van der Waals surface area contributed by atoms with E-state index in [0.29, 0.717) is 11.7 Å². The van der Waals surface area contributed by atoms with Gasteiger partial charge in [0.1, 0.15) is 5.82 Å². The molecule has 116 valence electrons. The third-order valence-corrected chi connectivity index (χ3v) is 4.02. The number of rotatable bonds is 6. The second kappa shape index (κ2) is 7.41. The van der Waals surface area contributed by atoms with Gasteiger partial charge in [-0.25, -0.2) is 9.78 Å². The molecule has 21 heavy (non-hydrogen) atoms. The fraction of sp³-hybridized carbons (Fsp3) is 0.625. The number of aryl methyl sites for hydroxylation is 1. The summed E-state index contributed by atoms with van der Waals surface area (Å²) in [7, 11) is 0. The monoisotopic (exact) mass is 292 g/mol. The van der Waals surface area contributed by atoms with Crippen LogP contribution in [0, 0.1) is 5.92 Å². The Morgan fingerprint density at radius 2 is 2.05 bits per heavy atom. The first-order valence-corrected chi connectivity index (χ1v) is 7.74. The highest BCUT2D eigenvalue weighted by Gasteiger charge is 2.19. The summed E-state index contributed by atoms with van der Waals surface area (Å²) in [6.45, 7) is 2.84. The second-order valence-electron chi connectivity index (χ2n) is 5.84. The summed E-state index contributed by atoms with van der Waals surface area (Å²) < 4.78 is 0. The van der Waals surface area contributed by atoms with Crippen molar-refractivity contribution in [1.29, 1.82) is 0 Å². The van der Waals surface area contributed by atoms with E-state index in [0.717, 1.165) is 50.8 Å². The van der Waals surface area contributed by atoms with Gasteiger partial charge >= 0.3 is 5.97 Å². The molecule has 1 saturated carbocycles. The van der Waals surface area contributed by atoms with Gasteiger partial charge in [-0.1, -0.05) is 13.3 Å². The summed E-state index contributed by atoms with van der Waals surface area (Å²) in [5.74, 6) is 0.251. The molecule has 2 rings (SSSR count). The third kappa shape index (κ3) is 4.70. The van der Waals surface area contributed by atoms with E-state index in [1.807, 2.05) is 0 Å². The summed E-state index contributed by atoms with van der Waals surface area (Å²) >= 11 is 0. The van der Waals surface area contributed by atoms with E-state index >= 15 is 0 Å². The van der Waals surface area contributed by atoms with Crippen molar-refractivity contribution in [2.45, 2.75) is 51.6 Å². The zero-order valence-corrected chi connectivity index (χ0v) is 12.5. The lowest BCUT2D eigenvalue weighted by atomic mass is 9.87. The van der Waals surface area contributed by atoms with Crippen molar-refractivity contribution in [3.05, 3.63) is 23.4 Å². The van der Waals surface area contributed by atoms with Crippen molar-refractivity contribution >= 4 is 11.8 Å². The van der Waals surface area contributed by atoms with Gasteiger partial charge in [-0.3, -0.25) is 0 Å². The number of carboxylic acids is 1. The fourth-order valence-electron chi connectivity index (χ4n) is 2.78. The van der Waals surface area contributed by atoms with Gasteiger partial charge in [0.2, 0.25) is 0 Å². The average Bonchev–Trinajstić information content (AvgIpc) is 2.47. The Kier molecular flexibility index (Phi) is 5.56. The number of carboxylic acid groups (broad SMARTS) is 1. The highest BCUT2D eigenvalue weighted by Crippen LogP contribution is 2.24. The van der Waals surface area contributed by atoms with Crippen LogP contribution in [-0.2, 0) is 6.42 Å². The Labute approximate surface area is 125 Å². The molecular formula is C16H24N2O3. The van der Waals surface area contributed by atoms with E-state index in [1.165, 1.54) is 0 Å². The first-order chi connectivity index (χ1) is 10.1. The summed E-state index contributed by atoms with van der Waals surface area (Å²) in [4.78, 5) is 15.6. The largest absolute Gasteiger partial charge is 0.478 e. The van der Waals surface area contributed by atoms with Crippen LogP contribution in [-0.4, -0.2) is 33.8 Å². The molecule has 0 aromatic carbocycles. The van der Waals surface area contributed by atoms with Gasteiger partial charge in [-0.15, -0.1) is 0 Å². The Hall–Kier alpha value is -1.62. The third-order valence-electron chi connectivity index (χ3n) is 4.02. The number of pyridine rings is 1. The Morgan fingerprint density at radius 1 is 1.33 bits per heavy atom. The molecule has 5 heteroatoms. The molecule has 0 radical (unpaired) electrons. The lowest BCUT2D eigenvalue weighted by molar-refractivity contribution is 0.0696. The topological polar surface area (TPSA) is 82.5 Å². The molecule has 1 fully saturated rings. The maximum absolute atomic E-state index is 11.2. The SMILES string of the molecule is CCCc1cc(C(=O)O)cc(NCC2CCC(O)CC2)n1. The number of nitrogens with one attached hydrogen (secondary N) is 1. The van der Waals surface area contributed by atoms with Gasteiger partial charge < -0.3 is 15.5 Å². The Morgan fingerprint density at radius 3 is 2.67 bits per heavy atom. The molecule has 3 N–H and O–H groups in total. The molecule has 1 aliphatic rings. The van der Waals surface area contributed by atoms with Crippen LogP contribution in [0.3, 0.4) is 0 Å². The van der Waals surface area contributed by atoms with Crippen molar-refractivity contribution in [1.82, 2.24) is 4.98 Å². The summed E-state index contributed by atoms with van der Waals surface area (Å²) in [5, 5.41) is 21.9. The van der Waals surface area contributed by atoms with Crippen molar-refractivity contribution in [2.24, 2.45) is 5.92 Å². The molecule has 0 aliphatic heterocycles. The maximum Gasteiger partial charge on any atom is 0.335 e. The molecule has 1 heterocycles. The highest BCUT2D eigenvalue weighted by atomic mass is 16.4. The predicted octanol–water partition coefficient (Wildman–Crippen LogP) is 2.70. The maximum atomic E-state index is 11.2. The number of carbonyl (C=O) groups is 1. The molecule has 0 spiro atoms.